The maximum Gasteiger partial charge on any atom is 0.338 e. The fourth-order valence-electron chi connectivity index (χ4n) is 1.77. The standard InChI is InChI=1S/C12H8N2O3/c15-12-8-10-11(17-12)2-1-5-14(10)9-3-6-13(16)7-4-9/h1-8H. The summed E-state index contributed by atoms with van der Waals surface area (Å²) in [7, 11) is 0. The Labute approximate surface area is 96.1 Å². The van der Waals surface area contributed by atoms with Gasteiger partial charge in [0.1, 0.15) is 0 Å². The van der Waals surface area contributed by atoms with E-state index in [0.717, 1.165) is 5.69 Å². The lowest BCUT2D eigenvalue weighted by molar-refractivity contribution is -0.605. The van der Waals surface area contributed by atoms with Gasteiger partial charge in [0.25, 0.3) is 0 Å². The zero-order valence-corrected chi connectivity index (χ0v) is 8.74. The van der Waals surface area contributed by atoms with Crippen LogP contribution in [0.2, 0.25) is 0 Å². The van der Waals surface area contributed by atoms with Crippen molar-refractivity contribution < 1.29 is 9.15 Å². The van der Waals surface area contributed by atoms with Crippen molar-refractivity contribution in [3.63, 3.8) is 0 Å². The molecule has 0 atom stereocenters. The monoisotopic (exact) mass is 228 g/mol. The van der Waals surface area contributed by atoms with E-state index in [0.29, 0.717) is 16.2 Å². The molecule has 3 rings (SSSR count). The quantitative estimate of drug-likeness (QED) is 0.464. The first-order valence-electron chi connectivity index (χ1n) is 5.04. The van der Waals surface area contributed by atoms with E-state index >= 15 is 0 Å². The summed E-state index contributed by atoms with van der Waals surface area (Å²) in [6.07, 6.45) is 4.61. The van der Waals surface area contributed by atoms with Crippen molar-refractivity contribution in [1.82, 2.24) is 4.57 Å². The molecule has 0 fully saturated rings. The number of rotatable bonds is 1. The third-order valence-electron chi connectivity index (χ3n) is 2.52. The van der Waals surface area contributed by atoms with Gasteiger partial charge >= 0.3 is 5.63 Å². The fourth-order valence-corrected chi connectivity index (χ4v) is 1.77. The van der Waals surface area contributed by atoms with Crippen LogP contribution in [0.1, 0.15) is 0 Å². The van der Waals surface area contributed by atoms with Crippen LogP contribution >= 0.6 is 0 Å². The van der Waals surface area contributed by atoms with E-state index in [2.05, 4.69) is 0 Å². The molecular formula is C12H8N2O3. The molecule has 1 aromatic heterocycles. The molecule has 84 valence electrons. The maximum atomic E-state index is 11.2. The molecule has 0 N–H and O–H groups in total. The minimum Gasteiger partial charge on any atom is -0.619 e. The van der Waals surface area contributed by atoms with Crippen LogP contribution < -0.4 is 10.4 Å². The molecule has 5 nitrogen and oxygen atoms in total. The molecule has 1 aromatic rings. The van der Waals surface area contributed by atoms with Crippen LogP contribution in [0.4, 0.5) is 0 Å². The second kappa shape index (κ2) is 3.48. The molecule has 0 amide bonds. The van der Waals surface area contributed by atoms with Gasteiger partial charge < -0.3 is 14.2 Å². The minimum atomic E-state index is -0.380. The van der Waals surface area contributed by atoms with Crippen LogP contribution in [0.25, 0.3) is 17.1 Å². The molecule has 0 spiro atoms. The number of pyridine rings is 2. The largest absolute Gasteiger partial charge is 0.619 e. The third-order valence-corrected chi connectivity index (χ3v) is 2.52. The van der Waals surface area contributed by atoms with Crippen molar-refractivity contribution in [2.45, 2.75) is 0 Å². The summed E-state index contributed by atoms with van der Waals surface area (Å²) in [6, 6.07) is 8.27. The van der Waals surface area contributed by atoms with Crippen LogP contribution in [-0.4, -0.2) is 4.57 Å². The number of furan rings is 1. The Hall–Kier alpha value is -2.56. The van der Waals surface area contributed by atoms with Gasteiger partial charge in [-0.05, 0) is 12.1 Å². The number of hydrogen-bond acceptors (Lipinski definition) is 3. The van der Waals surface area contributed by atoms with E-state index < -0.39 is 0 Å². The highest BCUT2D eigenvalue weighted by molar-refractivity contribution is 5.57. The highest BCUT2D eigenvalue weighted by Gasteiger charge is 2.12. The first-order chi connectivity index (χ1) is 8.24. The molecule has 17 heavy (non-hydrogen) atoms. The molecule has 0 bridgehead atoms. The van der Waals surface area contributed by atoms with Crippen LogP contribution in [0.15, 0.2) is 58.1 Å². The molecular weight excluding hydrogens is 220 g/mol. The average Bonchev–Trinajstić information content (AvgIpc) is 2.70. The zero-order chi connectivity index (χ0) is 11.8. The molecule has 3 heterocycles. The Morgan fingerprint density at radius 2 is 2.00 bits per heavy atom. The van der Waals surface area contributed by atoms with E-state index in [9.17, 15) is 10.0 Å². The summed E-state index contributed by atoms with van der Waals surface area (Å²) in [5.41, 5.74) is 1.10. The number of hydrogen-bond donors (Lipinski definition) is 0. The summed E-state index contributed by atoms with van der Waals surface area (Å²) in [6.45, 7) is 0. The molecule has 0 radical (unpaired) electrons. The van der Waals surface area contributed by atoms with Crippen molar-refractivity contribution in [2.24, 2.45) is 0 Å². The topological polar surface area (TPSA) is 62.1 Å². The van der Waals surface area contributed by atoms with Crippen LogP contribution in [0.5, 0.6) is 0 Å². The van der Waals surface area contributed by atoms with Gasteiger partial charge in [-0.3, -0.25) is 0 Å². The Balaban J connectivity index is 2.24. The van der Waals surface area contributed by atoms with E-state index in [1.54, 1.807) is 28.8 Å². The Kier molecular flexibility index (Phi) is 1.98. The first-order valence-corrected chi connectivity index (χ1v) is 5.04. The SMILES string of the molecule is O=c1cc2n(-c3cc[n+]([O-])cc3)cccc-2o1. The Morgan fingerprint density at radius 3 is 2.76 bits per heavy atom. The van der Waals surface area contributed by atoms with Crippen LogP contribution in [0.3, 0.4) is 0 Å². The molecule has 5 heteroatoms. The number of aromatic nitrogens is 2. The lowest BCUT2D eigenvalue weighted by Gasteiger charge is -2.09. The number of fused-ring (bicyclic) bond motifs is 1. The Morgan fingerprint density at radius 1 is 1.24 bits per heavy atom. The summed E-state index contributed by atoms with van der Waals surface area (Å²) < 4.78 is 7.51. The highest BCUT2D eigenvalue weighted by Crippen LogP contribution is 2.22. The first kappa shape index (κ1) is 9.65. The predicted octanol–water partition coefficient (Wildman–Crippen LogP) is 1.17. The summed E-state index contributed by atoms with van der Waals surface area (Å²) in [5, 5.41) is 11.0. The van der Waals surface area contributed by atoms with Crippen molar-refractivity contribution in [2.75, 3.05) is 0 Å². The van der Waals surface area contributed by atoms with Gasteiger partial charge in [0.15, 0.2) is 18.2 Å². The van der Waals surface area contributed by atoms with Crippen LogP contribution in [0, 0.1) is 5.21 Å². The molecule has 0 unspecified atom stereocenters. The molecule has 2 aliphatic heterocycles. The minimum absolute atomic E-state index is 0.380. The summed E-state index contributed by atoms with van der Waals surface area (Å²) in [4.78, 5) is 11.2. The average molecular weight is 228 g/mol. The fraction of sp³-hybridized carbons (Fsp3) is 0. The lowest BCUT2D eigenvalue weighted by atomic mass is 10.2. The maximum absolute atomic E-state index is 11.2. The smallest absolute Gasteiger partial charge is 0.338 e. The third kappa shape index (κ3) is 1.57. The Bertz CT molecular complexity index is 682. The molecule has 0 saturated carbocycles. The highest BCUT2D eigenvalue weighted by atomic mass is 16.5. The van der Waals surface area contributed by atoms with E-state index in [1.807, 2.05) is 6.20 Å². The van der Waals surface area contributed by atoms with Crippen molar-refractivity contribution in [3.8, 4) is 17.1 Å². The molecule has 0 saturated heterocycles. The number of nitrogens with zero attached hydrogens (tertiary/aromatic N) is 2. The molecule has 0 aliphatic carbocycles. The van der Waals surface area contributed by atoms with Gasteiger partial charge in [0, 0.05) is 18.3 Å². The van der Waals surface area contributed by atoms with Gasteiger partial charge in [0.05, 0.1) is 17.4 Å². The summed E-state index contributed by atoms with van der Waals surface area (Å²) >= 11 is 0. The van der Waals surface area contributed by atoms with Gasteiger partial charge in [-0.1, -0.05) is 0 Å². The van der Waals surface area contributed by atoms with Crippen molar-refractivity contribution >= 4 is 0 Å². The van der Waals surface area contributed by atoms with Crippen LogP contribution in [-0.2, 0) is 0 Å². The molecule has 0 aromatic carbocycles. The predicted molar refractivity (Wildman–Crippen MR) is 59.9 cm³/mol. The van der Waals surface area contributed by atoms with E-state index in [-0.39, 0.29) is 5.63 Å². The van der Waals surface area contributed by atoms with Gasteiger partial charge in [0.2, 0.25) is 0 Å². The second-order valence-electron chi connectivity index (χ2n) is 3.61. The van der Waals surface area contributed by atoms with Crippen molar-refractivity contribution in [3.05, 3.63) is 64.5 Å². The van der Waals surface area contributed by atoms with E-state index in [4.69, 9.17) is 4.42 Å². The van der Waals surface area contributed by atoms with Gasteiger partial charge in [-0.15, -0.1) is 0 Å². The summed E-state index contributed by atoms with van der Waals surface area (Å²) in [5.74, 6) is 0.524. The van der Waals surface area contributed by atoms with E-state index in [1.165, 1.54) is 18.5 Å². The van der Waals surface area contributed by atoms with Gasteiger partial charge in [-0.25, -0.2) is 4.79 Å². The zero-order valence-electron chi connectivity index (χ0n) is 8.74. The van der Waals surface area contributed by atoms with Gasteiger partial charge in [-0.2, -0.15) is 4.73 Å². The molecule has 2 aliphatic rings. The lowest BCUT2D eigenvalue weighted by Crippen LogP contribution is -2.23. The normalized spacial score (nSPS) is 10.8. The second-order valence-corrected chi connectivity index (χ2v) is 3.61. The van der Waals surface area contributed by atoms with Crippen molar-refractivity contribution in [1.29, 1.82) is 0 Å².